The van der Waals surface area contributed by atoms with Crippen LogP contribution in [0.15, 0.2) is 17.1 Å². The van der Waals surface area contributed by atoms with E-state index in [0.717, 1.165) is 11.0 Å². The molecule has 1 atom stereocenters. The summed E-state index contributed by atoms with van der Waals surface area (Å²) in [4.78, 5) is 8.03. The number of rotatable bonds is 2. The van der Waals surface area contributed by atoms with E-state index in [1.165, 1.54) is 5.56 Å². The van der Waals surface area contributed by atoms with Crippen molar-refractivity contribution in [3.63, 3.8) is 0 Å². The van der Waals surface area contributed by atoms with Gasteiger partial charge < -0.3 is 0 Å². The van der Waals surface area contributed by atoms with Crippen molar-refractivity contribution in [3.8, 4) is 0 Å². The molecule has 0 saturated heterocycles. The molecule has 0 aliphatic rings. The summed E-state index contributed by atoms with van der Waals surface area (Å²) in [6.45, 7) is 4.33. The van der Waals surface area contributed by atoms with Crippen LogP contribution in [0.25, 0.3) is 0 Å². The molecule has 1 rings (SSSR count). The summed E-state index contributed by atoms with van der Waals surface area (Å²) >= 11 is 3.39. The Labute approximate surface area is 75.2 Å². The zero-order valence-electron chi connectivity index (χ0n) is 6.71. The Balaban J connectivity index is 2.93. The van der Waals surface area contributed by atoms with Crippen molar-refractivity contribution in [3.05, 3.63) is 22.7 Å². The van der Waals surface area contributed by atoms with Crippen LogP contribution in [0.4, 0.5) is 0 Å². The third kappa shape index (κ3) is 1.99. The van der Waals surface area contributed by atoms with Gasteiger partial charge in [-0.3, -0.25) is 0 Å². The lowest BCUT2D eigenvalue weighted by molar-refractivity contribution is 0.719. The largest absolute Gasteiger partial charge is 0.244 e. The molecular formula is C8H11BrN2. The quantitative estimate of drug-likeness (QED) is 0.709. The maximum atomic E-state index is 4.05. The number of hydrogen-bond acceptors (Lipinski definition) is 2. The van der Waals surface area contributed by atoms with Crippen LogP contribution < -0.4 is 0 Å². The smallest absolute Gasteiger partial charge is 0.116 e. The molecular weight excluding hydrogens is 204 g/mol. The molecule has 0 radical (unpaired) electrons. The first kappa shape index (κ1) is 8.65. The van der Waals surface area contributed by atoms with E-state index in [9.17, 15) is 0 Å². The minimum absolute atomic E-state index is 0.533. The van der Waals surface area contributed by atoms with Crippen molar-refractivity contribution in [1.29, 1.82) is 0 Å². The Morgan fingerprint density at radius 1 is 1.64 bits per heavy atom. The van der Waals surface area contributed by atoms with Crippen LogP contribution in [0.1, 0.15) is 31.7 Å². The van der Waals surface area contributed by atoms with Crippen LogP contribution in [0.3, 0.4) is 0 Å². The zero-order chi connectivity index (χ0) is 8.27. The second-order valence-corrected chi connectivity index (χ2v) is 3.33. The highest BCUT2D eigenvalue weighted by Crippen LogP contribution is 2.23. The zero-order valence-corrected chi connectivity index (χ0v) is 8.30. The number of halogens is 1. The van der Waals surface area contributed by atoms with Gasteiger partial charge in [0, 0.05) is 11.8 Å². The first-order valence-electron chi connectivity index (χ1n) is 3.71. The Morgan fingerprint density at radius 3 is 2.91 bits per heavy atom. The lowest BCUT2D eigenvalue weighted by Crippen LogP contribution is -1.95. The summed E-state index contributed by atoms with van der Waals surface area (Å²) in [6, 6.07) is 0. The molecule has 0 aliphatic carbocycles. The SMILES string of the molecule is CC[C@@H](C)c1cncnc1Br. The molecule has 0 spiro atoms. The molecule has 0 fully saturated rings. The Morgan fingerprint density at radius 2 is 2.36 bits per heavy atom. The van der Waals surface area contributed by atoms with Gasteiger partial charge in [0.15, 0.2) is 0 Å². The first-order chi connectivity index (χ1) is 5.25. The summed E-state index contributed by atoms with van der Waals surface area (Å²) in [7, 11) is 0. The van der Waals surface area contributed by atoms with E-state index in [1.807, 2.05) is 6.20 Å². The molecule has 0 N–H and O–H groups in total. The minimum Gasteiger partial charge on any atom is -0.244 e. The molecule has 0 amide bonds. The highest BCUT2D eigenvalue weighted by molar-refractivity contribution is 9.10. The fourth-order valence-corrected chi connectivity index (χ4v) is 1.46. The molecule has 3 heteroatoms. The Kier molecular flexibility index (Phi) is 3.00. The average Bonchev–Trinajstić information content (AvgIpc) is 2.04. The van der Waals surface area contributed by atoms with Gasteiger partial charge in [-0.1, -0.05) is 13.8 Å². The summed E-state index contributed by atoms with van der Waals surface area (Å²) in [5.74, 6) is 0.533. The summed E-state index contributed by atoms with van der Waals surface area (Å²) in [6.07, 6.45) is 4.53. The van der Waals surface area contributed by atoms with Gasteiger partial charge in [-0.15, -0.1) is 0 Å². The van der Waals surface area contributed by atoms with Crippen molar-refractivity contribution >= 4 is 15.9 Å². The van der Waals surface area contributed by atoms with Crippen molar-refractivity contribution in [2.75, 3.05) is 0 Å². The van der Waals surface area contributed by atoms with Gasteiger partial charge in [-0.05, 0) is 28.3 Å². The summed E-state index contributed by atoms with van der Waals surface area (Å²) in [5, 5.41) is 0. The van der Waals surface area contributed by atoms with Gasteiger partial charge in [0.25, 0.3) is 0 Å². The fraction of sp³-hybridized carbons (Fsp3) is 0.500. The third-order valence-electron chi connectivity index (χ3n) is 1.83. The average molecular weight is 215 g/mol. The van der Waals surface area contributed by atoms with Crippen molar-refractivity contribution in [2.24, 2.45) is 0 Å². The van der Waals surface area contributed by atoms with Crippen molar-refractivity contribution in [2.45, 2.75) is 26.2 Å². The second kappa shape index (κ2) is 3.81. The lowest BCUT2D eigenvalue weighted by atomic mass is 10.0. The summed E-state index contributed by atoms with van der Waals surface area (Å²) in [5.41, 5.74) is 1.19. The third-order valence-corrected chi connectivity index (χ3v) is 2.50. The van der Waals surface area contributed by atoms with E-state index in [2.05, 4.69) is 39.7 Å². The Bertz CT molecular complexity index is 237. The minimum atomic E-state index is 0.533. The number of aromatic nitrogens is 2. The van der Waals surface area contributed by atoms with Crippen LogP contribution in [-0.2, 0) is 0 Å². The normalized spacial score (nSPS) is 13.0. The standard InChI is InChI=1S/C8H11BrN2/c1-3-6(2)7-4-10-5-11-8(7)9/h4-6H,3H2,1-2H3/t6-/m1/s1. The molecule has 2 nitrogen and oxygen atoms in total. The van der Waals surface area contributed by atoms with Gasteiger partial charge in [0.1, 0.15) is 10.9 Å². The molecule has 1 aromatic rings. The molecule has 0 aromatic carbocycles. The van der Waals surface area contributed by atoms with Crippen LogP contribution in [0.2, 0.25) is 0 Å². The van der Waals surface area contributed by atoms with Crippen LogP contribution in [0.5, 0.6) is 0 Å². The van der Waals surface area contributed by atoms with E-state index in [1.54, 1.807) is 6.33 Å². The number of hydrogen-bond donors (Lipinski definition) is 0. The highest BCUT2D eigenvalue weighted by atomic mass is 79.9. The molecule has 60 valence electrons. The van der Waals surface area contributed by atoms with E-state index in [0.29, 0.717) is 5.92 Å². The van der Waals surface area contributed by atoms with Gasteiger partial charge in [-0.2, -0.15) is 0 Å². The van der Waals surface area contributed by atoms with Gasteiger partial charge in [-0.25, -0.2) is 9.97 Å². The maximum Gasteiger partial charge on any atom is 0.116 e. The number of nitrogens with zero attached hydrogens (tertiary/aromatic N) is 2. The van der Waals surface area contributed by atoms with Crippen molar-refractivity contribution in [1.82, 2.24) is 9.97 Å². The molecule has 1 aromatic heterocycles. The van der Waals surface area contributed by atoms with Gasteiger partial charge >= 0.3 is 0 Å². The predicted molar refractivity (Wildman–Crippen MR) is 48.4 cm³/mol. The van der Waals surface area contributed by atoms with E-state index in [-0.39, 0.29) is 0 Å². The molecule has 0 aliphatic heterocycles. The molecule has 1 heterocycles. The maximum absolute atomic E-state index is 4.05. The van der Waals surface area contributed by atoms with E-state index in [4.69, 9.17) is 0 Å². The fourth-order valence-electron chi connectivity index (χ4n) is 0.876. The predicted octanol–water partition coefficient (Wildman–Crippen LogP) is 2.75. The molecule has 11 heavy (non-hydrogen) atoms. The van der Waals surface area contributed by atoms with Crippen LogP contribution in [0, 0.1) is 0 Å². The Hall–Kier alpha value is -0.440. The highest BCUT2D eigenvalue weighted by Gasteiger charge is 2.06. The molecule has 0 saturated carbocycles. The van der Waals surface area contributed by atoms with E-state index < -0.39 is 0 Å². The second-order valence-electron chi connectivity index (χ2n) is 2.58. The van der Waals surface area contributed by atoms with Crippen molar-refractivity contribution < 1.29 is 0 Å². The summed E-state index contributed by atoms with van der Waals surface area (Å²) < 4.78 is 0.918. The lowest BCUT2D eigenvalue weighted by Gasteiger charge is -2.08. The first-order valence-corrected chi connectivity index (χ1v) is 4.50. The van der Waals surface area contributed by atoms with E-state index >= 15 is 0 Å². The van der Waals surface area contributed by atoms with Gasteiger partial charge in [0.05, 0.1) is 0 Å². The van der Waals surface area contributed by atoms with Crippen LogP contribution in [-0.4, -0.2) is 9.97 Å². The van der Waals surface area contributed by atoms with Crippen LogP contribution >= 0.6 is 15.9 Å². The molecule has 0 bridgehead atoms. The van der Waals surface area contributed by atoms with Gasteiger partial charge in [0.2, 0.25) is 0 Å². The monoisotopic (exact) mass is 214 g/mol. The topological polar surface area (TPSA) is 25.8 Å². The molecule has 0 unspecified atom stereocenters.